The van der Waals surface area contributed by atoms with Crippen LogP contribution in [-0.2, 0) is 0 Å². The normalized spacial score (nSPS) is 12.7. The molecule has 0 radical (unpaired) electrons. The van der Waals surface area contributed by atoms with Crippen LogP contribution < -0.4 is 0 Å². The molecule has 0 aliphatic rings. The Hall–Kier alpha value is -0.390. The van der Waals surface area contributed by atoms with Gasteiger partial charge in [0.1, 0.15) is 6.10 Å². The lowest BCUT2D eigenvalue weighted by molar-refractivity contribution is 0.223. The maximum absolute atomic E-state index is 10.1. The molecule has 1 aromatic carbocycles. The summed E-state index contributed by atoms with van der Waals surface area (Å²) in [5.41, 5.74) is 0.982. The Morgan fingerprint density at radius 2 is 1.93 bits per heavy atom. The molecule has 1 aromatic heterocycles. The summed E-state index contributed by atoms with van der Waals surface area (Å²) in [7, 11) is 0. The minimum absolute atomic E-state index is 0.483. The van der Waals surface area contributed by atoms with Gasteiger partial charge in [-0.25, -0.2) is 0 Å². The van der Waals surface area contributed by atoms with E-state index in [1.165, 1.54) is 0 Å². The lowest BCUT2D eigenvalue weighted by atomic mass is 10.1. The van der Waals surface area contributed by atoms with Crippen molar-refractivity contribution < 1.29 is 5.11 Å². The first-order chi connectivity index (χ1) is 6.79. The quantitative estimate of drug-likeness (QED) is 0.842. The Bertz CT molecular complexity index is 411. The van der Waals surface area contributed by atoms with Gasteiger partial charge < -0.3 is 5.11 Å². The van der Waals surface area contributed by atoms with Gasteiger partial charge in [-0.1, -0.05) is 24.3 Å². The monoisotopic (exact) mass is 316 g/mol. The van der Waals surface area contributed by atoms with Crippen molar-refractivity contribution in [1.29, 1.82) is 0 Å². The molecule has 0 saturated heterocycles. The molecule has 0 saturated carbocycles. The van der Waals surface area contributed by atoms with Crippen LogP contribution in [0, 0.1) is 3.57 Å². The van der Waals surface area contributed by atoms with Gasteiger partial charge in [0, 0.05) is 8.45 Å². The summed E-state index contributed by atoms with van der Waals surface area (Å²) in [5.74, 6) is 0. The number of aliphatic hydroxyl groups excluding tert-OH is 1. The average molecular weight is 316 g/mol. The molecule has 0 aliphatic carbocycles. The summed E-state index contributed by atoms with van der Waals surface area (Å²) in [6.45, 7) is 0. The van der Waals surface area contributed by atoms with Crippen molar-refractivity contribution in [2.24, 2.45) is 0 Å². The number of halogens is 1. The molecule has 1 unspecified atom stereocenters. The number of aliphatic hydroxyl groups is 1. The van der Waals surface area contributed by atoms with Crippen LogP contribution in [0.4, 0.5) is 0 Å². The zero-order chi connectivity index (χ0) is 9.97. The fourth-order valence-electron chi connectivity index (χ4n) is 1.30. The van der Waals surface area contributed by atoms with Crippen LogP contribution in [0.3, 0.4) is 0 Å². The maximum Gasteiger partial charge on any atom is 0.114 e. The number of thiophene rings is 1. The molecule has 1 heterocycles. The van der Waals surface area contributed by atoms with Gasteiger partial charge in [0.2, 0.25) is 0 Å². The predicted molar refractivity (Wildman–Crippen MR) is 67.5 cm³/mol. The van der Waals surface area contributed by atoms with Crippen LogP contribution >= 0.6 is 33.9 Å². The van der Waals surface area contributed by atoms with Gasteiger partial charge in [0.15, 0.2) is 0 Å². The van der Waals surface area contributed by atoms with E-state index in [0.717, 1.165) is 14.0 Å². The largest absolute Gasteiger partial charge is 0.383 e. The topological polar surface area (TPSA) is 20.2 Å². The van der Waals surface area contributed by atoms with Gasteiger partial charge in [-0.3, -0.25) is 0 Å². The summed E-state index contributed by atoms with van der Waals surface area (Å²) in [5, 5.41) is 12.0. The van der Waals surface area contributed by atoms with Crippen molar-refractivity contribution in [1.82, 2.24) is 0 Å². The third kappa shape index (κ3) is 1.99. The smallest absolute Gasteiger partial charge is 0.114 e. The molecule has 0 aliphatic heterocycles. The van der Waals surface area contributed by atoms with Crippen LogP contribution in [0.5, 0.6) is 0 Å². The zero-order valence-corrected chi connectivity index (χ0v) is 10.3. The van der Waals surface area contributed by atoms with E-state index in [0.29, 0.717) is 0 Å². The first kappa shape index (κ1) is 10.1. The van der Waals surface area contributed by atoms with Gasteiger partial charge in [0.25, 0.3) is 0 Å². The summed E-state index contributed by atoms with van der Waals surface area (Å²) >= 11 is 3.83. The van der Waals surface area contributed by atoms with E-state index in [9.17, 15) is 5.11 Å². The van der Waals surface area contributed by atoms with Crippen LogP contribution in [0.1, 0.15) is 16.5 Å². The molecule has 3 heteroatoms. The van der Waals surface area contributed by atoms with Gasteiger partial charge >= 0.3 is 0 Å². The zero-order valence-electron chi connectivity index (χ0n) is 7.35. The minimum Gasteiger partial charge on any atom is -0.383 e. The van der Waals surface area contributed by atoms with Crippen molar-refractivity contribution in [2.75, 3.05) is 0 Å². The van der Waals surface area contributed by atoms with Crippen LogP contribution in [-0.4, -0.2) is 5.11 Å². The van der Waals surface area contributed by atoms with Gasteiger partial charge in [-0.2, -0.15) is 0 Å². The van der Waals surface area contributed by atoms with Crippen LogP contribution in [0.2, 0.25) is 0 Å². The highest BCUT2D eigenvalue weighted by molar-refractivity contribution is 14.1. The molecule has 1 atom stereocenters. The Labute approximate surface area is 101 Å². The SMILES string of the molecule is OC(c1cccs1)c1ccccc1I. The number of hydrogen-bond donors (Lipinski definition) is 1. The van der Waals surface area contributed by atoms with E-state index in [-0.39, 0.29) is 0 Å². The molecule has 1 N–H and O–H groups in total. The summed E-state index contributed by atoms with van der Waals surface area (Å²) < 4.78 is 1.10. The second-order valence-electron chi connectivity index (χ2n) is 2.94. The second kappa shape index (κ2) is 4.42. The predicted octanol–water partition coefficient (Wildman–Crippen LogP) is 3.43. The van der Waals surface area contributed by atoms with Gasteiger partial charge in [-0.05, 0) is 45.7 Å². The summed E-state index contributed by atoms with van der Waals surface area (Å²) in [6, 6.07) is 11.8. The Balaban J connectivity index is 2.37. The van der Waals surface area contributed by atoms with Gasteiger partial charge in [-0.15, -0.1) is 11.3 Å². The third-order valence-electron chi connectivity index (χ3n) is 2.01. The molecule has 0 spiro atoms. The van der Waals surface area contributed by atoms with Gasteiger partial charge in [0.05, 0.1) is 0 Å². The molecule has 14 heavy (non-hydrogen) atoms. The second-order valence-corrected chi connectivity index (χ2v) is 5.08. The standard InChI is InChI=1S/C11H9IOS/c12-9-5-2-1-4-8(9)11(13)10-6-3-7-14-10/h1-7,11,13H. The Morgan fingerprint density at radius 3 is 2.57 bits per heavy atom. The Morgan fingerprint density at radius 1 is 1.14 bits per heavy atom. The highest BCUT2D eigenvalue weighted by Crippen LogP contribution is 2.28. The summed E-state index contributed by atoms with van der Waals surface area (Å²) in [6.07, 6.45) is -0.483. The van der Waals surface area contributed by atoms with Crippen LogP contribution in [0.15, 0.2) is 41.8 Å². The first-order valence-electron chi connectivity index (χ1n) is 4.25. The molecule has 0 fully saturated rings. The highest BCUT2D eigenvalue weighted by Gasteiger charge is 2.13. The molecule has 0 bridgehead atoms. The van der Waals surface area contributed by atoms with Crippen molar-refractivity contribution in [2.45, 2.75) is 6.10 Å². The molecular weight excluding hydrogens is 307 g/mol. The van der Waals surface area contributed by atoms with E-state index in [1.807, 2.05) is 41.8 Å². The first-order valence-corrected chi connectivity index (χ1v) is 6.21. The van der Waals surface area contributed by atoms with E-state index >= 15 is 0 Å². The van der Waals surface area contributed by atoms with Crippen LogP contribution in [0.25, 0.3) is 0 Å². The number of rotatable bonds is 2. The summed E-state index contributed by atoms with van der Waals surface area (Å²) in [4.78, 5) is 0.995. The average Bonchev–Trinajstić information content (AvgIpc) is 2.70. The molecule has 2 rings (SSSR count). The van der Waals surface area contributed by atoms with E-state index in [2.05, 4.69) is 22.6 Å². The Kier molecular flexibility index (Phi) is 3.20. The fourth-order valence-corrected chi connectivity index (χ4v) is 2.71. The lowest BCUT2D eigenvalue weighted by Gasteiger charge is -2.10. The van der Waals surface area contributed by atoms with Crippen molar-refractivity contribution in [3.63, 3.8) is 0 Å². The fraction of sp³-hybridized carbons (Fsp3) is 0.0909. The number of hydrogen-bond acceptors (Lipinski definition) is 2. The van der Waals surface area contributed by atoms with Crippen molar-refractivity contribution >= 4 is 33.9 Å². The van der Waals surface area contributed by atoms with E-state index in [1.54, 1.807) is 11.3 Å². The van der Waals surface area contributed by atoms with Crippen molar-refractivity contribution in [3.05, 3.63) is 55.8 Å². The van der Waals surface area contributed by atoms with Crippen molar-refractivity contribution in [3.8, 4) is 0 Å². The molecular formula is C11H9IOS. The van der Waals surface area contributed by atoms with E-state index in [4.69, 9.17) is 0 Å². The molecule has 0 amide bonds. The molecule has 72 valence electrons. The maximum atomic E-state index is 10.1. The van der Waals surface area contributed by atoms with E-state index < -0.39 is 6.10 Å². The lowest BCUT2D eigenvalue weighted by Crippen LogP contribution is -1.99. The third-order valence-corrected chi connectivity index (χ3v) is 3.92. The minimum atomic E-state index is -0.483. The molecule has 1 nitrogen and oxygen atoms in total. The highest BCUT2D eigenvalue weighted by atomic mass is 127. The number of benzene rings is 1. The molecule has 2 aromatic rings.